The average molecular weight is 338 g/mol. The van der Waals surface area contributed by atoms with Crippen LogP contribution in [0.1, 0.15) is 29.8 Å². The van der Waals surface area contributed by atoms with Gasteiger partial charge in [-0.1, -0.05) is 30.3 Å². The Morgan fingerprint density at radius 2 is 1.96 bits per heavy atom. The van der Waals surface area contributed by atoms with E-state index in [1.165, 1.54) is 4.90 Å². The molecule has 0 amide bonds. The number of hydrogen-bond acceptors (Lipinski definition) is 3. The van der Waals surface area contributed by atoms with Gasteiger partial charge in [-0.15, -0.1) is 0 Å². The summed E-state index contributed by atoms with van der Waals surface area (Å²) < 4.78 is 40.8. The van der Waals surface area contributed by atoms with Crippen LogP contribution in [0.5, 0.6) is 0 Å². The maximum Gasteiger partial charge on any atom is 0.405 e. The van der Waals surface area contributed by atoms with Crippen LogP contribution in [0.25, 0.3) is 0 Å². The second-order valence-corrected chi connectivity index (χ2v) is 5.97. The minimum atomic E-state index is -4.25. The normalized spacial score (nSPS) is 18.4. The molecule has 1 aromatic heterocycles. The fourth-order valence-electron chi connectivity index (χ4n) is 3.33. The molecule has 1 atom stereocenters. The van der Waals surface area contributed by atoms with Gasteiger partial charge in [0.15, 0.2) is 0 Å². The Morgan fingerprint density at radius 1 is 1.25 bits per heavy atom. The summed E-state index contributed by atoms with van der Waals surface area (Å²) in [5, 5.41) is 7.86. The number of halogens is 3. The Labute approximate surface area is 139 Å². The molecule has 1 N–H and O–H groups in total. The molecule has 0 radical (unpaired) electrons. The van der Waals surface area contributed by atoms with Crippen molar-refractivity contribution in [3.8, 4) is 0 Å². The molecule has 7 heteroatoms. The molecular weight excluding hydrogens is 317 g/mol. The van der Waals surface area contributed by atoms with E-state index in [4.69, 9.17) is 0 Å². The highest BCUT2D eigenvalue weighted by molar-refractivity contribution is 5.56. The van der Waals surface area contributed by atoms with Crippen LogP contribution in [0, 0.1) is 6.92 Å². The molecule has 24 heavy (non-hydrogen) atoms. The minimum absolute atomic E-state index is 0.153. The summed E-state index contributed by atoms with van der Waals surface area (Å²) in [5.41, 5.74) is 2.64. The third kappa shape index (κ3) is 3.26. The predicted molar refractivity (Wildman–Crippen MR) is 87.2 cm³/mol. The highest BCUT2D eigenvalue weighted by Crippen LogP contribution is 2.36. The summed E-state index contributed by atoms with van der Waals surface area (Å²) in [7, 11) is 0. The highest BCUT2D eigenvalue weighted by atomic mass is 19.4. The standard InChI is InChI=1S/C17H21F3N4/c1-3-24-16-14(12(2)22-24)15(13-7-5-4-6-8-13)21-9-10-23(16)11-17(18,19)20/h4-8,15,21H,3,9-11H2,1-2H3. The molecule has 2 heterocycles. The number of aryl methyl sites for hydroxylation is 2. The Bertz CT molecular complexity index is 694. The van der Waals surface area contributed by atoms with Crippen molar-refractivity contribution in [2.24, 2.45) is 0 Å². The van der Waals surface area contributed by atoms with E-state index in [0.29, 0.717) is 25.5 Å². The van der Waals surface area contributed by atoms with E-state index in [1.54, 1.807) is 4.68 Å². The summed E-state index contributed by atoms with van der Waals surface area (Å²) in [6.45, 7) is 4.10. The predicted octanol–water partition coefficient (Wildman–Crippen LogP) is 3.27. The van der Waals surface area contributed by atoms with Crippen LogP contribution in [0.4, 0.5) is 19.0 Å². The van der Waals surface area contributed by atoms with Crippen molar-refractivity contribution >= 4 is 5.82 Å². The van der Waals surface area contributed by atoms with Crippen LogP contribution >= 0.6 is 0 Å². The molecule has 1 unspecified atom stereocenters. The number of rotatable bonds is 3. The number of benzene rings is 1. The van der Waals surface area contributed by atoms with Gasteiger partial charge < -0.3 is 10.2 Å². The molecule has 2 aromatic rings. The Hall–Kier alpha value is -2.02. The molecule has 1 aliphatic rings. The van der Waals surface area contributed by atoms with Gasteiger partial charge >= 0.3 is 6.18 Å². The summed E-state index contributed by atoms with van der Waals surface area (Å²) in [6.07, 6.45) is -4.25. The zero-order valence-corrected chi connectivity index (χ0v) is 13.8. The van der Waals surface area contributed by atoms with Gasteiger partial charge in [0.1, 0.15) is 12.4 Å². The van der Waals surface area contributed by atoms with Gasteiger partial charge in [0.25, 0.3) is 0 Å². The molecule has 0 saturated heterocycles. The first kappa shape index (κ1) is 16.8. The largest absolute Gasteiger partial charge is 0.405 e. The summed E-state index contributed by atoms with van der Waals surface area (Å²) in [6, 6.07) is 9.63. The van der Waals surface area contributed by atoms with Crippen LogP contribution < -0.4 is 10.2 Å². The Balaban J connectivity index is 2.11. The first-order valence-electron chi connectivity index (χ1n) is 8.08. The first-order valence-corrected chi connectivity index (χ1v) is 8.08. The van der Waals surface area contributed by atoms with E-state index in [-0.39, 0.29) is 6.04 Å². The molecule has 0 saturated carbocycles. The number of nitrogens with one attached hydrogen (secondary N) is 1. The molecule has 0 aliphatic carbocycles. The summed E-state index contributed by atoms with van der Waals surface area (Å²) >= 11 is 0. The third-order valence-corrected chi connectivity index (χ3v) is 4.27. The maximum absolute atomic E-state index is 13.0. The Morgan fingerprint density at radius 3 is 2.58 bits per heavy atom. The zero-order chi connectivity index (χ0) is 17.3. The number of nitrogens with zero attached hydrogens (tertiary/aromatic N) is 3. The smallest absolute Gasteiger partial charge is 0.346 e. The van der Waals surface area contributed by atoms with E-state index >= 15 is 0 Å². The molecule has 130 valence electrons. The van der Waals surface area contributed by atoms with Gasteiger partial charge in [-0.2, -0.15) is 18.3 Å². The minimum Gasteiger partial charge on any atom is -0.346 e. The quantitative estimate of drug-likeness (QED) is 0.932. The van der Waals surface area contributed by atoms with Gasteiger partial charge in [0.05, 0.1) is 11.7 Å². The summed E-state index contributed by atoms with van der Waals surface area (Å²) in [4.78, 5) is 1.40. The van der Waals surface area contributed by atoms with Crippen molar-refractivity contribution in [3.05, 3.63) is 47.2 Å². The topological polar surface area (TPSA) is 33.1 Å². The molecule has 3 rings (SSSR count). The van der Waals surface area contributed by atoms with Crippen LogP contribution in [0.15, 0.2) is 30.3 Å². The van der Waals surface area contributed by atoms with E-state index < -0.39 is 12.7 Å². The average Bonchev–Trinajstić information content (AvgIpc) is 2.75. The molecule has 0 fully saturated rings. The van der Waals surface area contributed by atoms with E-state index in [9.17, 15) is 13.2 Å². The lowest BCUT2D eigenvalue weighted by atomic mass is 9.98. The van der Waals surface area contributed by atoms with Gasteiger partial charge in [-0.05, 0) is 19.4 Å². The SMILES string of the molecule is CCn1nc(C)c2c1N(CC(F)(F)F)CCNC2c1ccccc1. The second-order valence-electron chi connectivity index (χ2n) is 5.97. The van der Waals surface area contributed by atoms with Gasteiger partial charge in [-0.3, -0.25) is 0 Å². The van der Waals surface area contributed by atoms with Crippen molar-refractivity contribution in [2.45, 2.75) is 32.6 Å². The Kier molecular flexibility index (Phi) is 4.54. The summed E-state index contributed by atoms with van der Waals surface area (Å²) in [5.74, 6) is 0.575. The van der Waals surface area contributed by atoms with Crippen molar-refractivity contribution in [3.63, 3.8) is 0 Å². The van der Waals surface area contributed by atoms with E-state index in [1.807, 2.05) is 44.2 Å². The lowest BCUT2D eigenvalue weighted by molar-refractivity contribution is -0.119. The van der Waals surface area contributed by atoms with Gasteiger partial charge in [-0.25, -0.2) is 4.68 Å². The number of alkyl halides is 3. The van der Waals surface area contributed by atoms with E-state index in [0.717, 1.165) is 16.8 Å². The van der Waals surface area contributed by atoms with Gasteiger partial charge in [0.2, 0.25) is 0 Å². The molecule has 1 aromatic carbocycles. The van der Waals surface area contributed by atoms with Crippen LogP contribution in [-0.4, -0.2) is 35.6 Å². The fourth-order valence-corrected chi connectivity index (χ4v) is 3.33. The molecule has 0 spiro atoms. The number of anilines is 1. The number of aromatic nitrogens is 2. The molecule has 1 aliphatic heterocycles. The second kappa shape index (κ2) is 6.47. The van der Waals surface area contributed by atoms with Crippen molar-refractivity contribution in [1.29, 1.82) is 0 Å². The van der Waals surface area contributed by atoms with Gasteiger partial charge in [0, 0.05) is 25.2 Å². The zero-order valence-electron chi connectivity index (χ0n) is 13.8. The monoisotopic (exact) mass is 338 g/mol. The van der Waals surface area contributed by atoms with Crippen LogP contribution in [-0.2, 0) is 6.54 Å². The van der Waals surface area contributed by atoms with Crippen molar-refractivity contribution in [2.75, 3.05) is 24.5 Å². The third-order valence-electron chi connectivity index (χ3n) is 4.27. The highest BCUT2D eigenvalue weighted by Gasteiger charge is 2.36. The fraction of sp³-hybridized carbons (Fsp3) is 0.471. The van der Waals surface area contributed by atoms with Crippen molar-refractivity contribution < 1.29 is 13.2 Å². The lowest BCUT2D eigenvalue weighted by Gasteiger charge is -2.25. The lowest BCUT2D eigenvalue weighted by Crippen LogP contribution is -2.38. The van der Waals surface area contributed by atoms with Crippen molar-refractivity contribution in [1.82, 2.24) is 15.1 Å². The number of fused-ring (bicyclic) bond motifs is 1. The molecule has 0 bridgehead atoms. The maximum atomic E-state index is 13.0. The number of hydrogen-bond donors (Lipinski definition) is 1. The van der Waals surface area contributed by atoms with Crippen LogP contribution in [0.3, 0.4) is 0 Å². The molecular formula is C17H21F3N4. The van der Waals surface area contributed by atoms with Crippen LogP contribution in [0.2, 0.25) is 0 Å². The van der Waals surface area contributed by atoms with E-state index in [2.05, 4.69) is 10.4 Å². The first-order chi connectivity index (χ1) is 11.4. The molecule has 4 nitrogen and oxygen atoms in total.